The van der Waals surface area contributed by atoms with E-state index in [4.69, 9.17) is 0 Å². The first-order chi connectivity index (χ1) is 22.3. The van der Waals surface area contributed by atoms with Gasteiger partial charge in [0.05, 0.1) is 54.4 Å². The molecule has 0 amide bonds. The summed E-state index contributed by atoms with van der Waals surface area (Å²) in [5.74, 6) is 0. The minimum absolute atomic E-state index is 0. The van der Waals surface area contributed by atoms with Crippen molar-refractivity contribution in [1.29, 1.82) is 0 Å². The largest absolute Gasteiger partial charge is 1.00 e. The summed E-state index contributed by atoms with van der Waals surface area (Å²) in [4.78, 5) is 0. The van der Waals surface area contributed by atoms with Crippen LogP contribution in [-0.2, 0) is 0 Å². The molecule has 0 aromatic carbocycles. The summed E-state index contributed by atoms with van der Waals surface area (Å²) < 4.78 is 2.45. The highest BCUT2D eigenvalue weighted by molar-refractivity contribution is 4.52. The SMILES string of the molecule is CCCCCCCCCCCCCCCCCC[N+](C)(C)CCCC[N+](C)(C)CCCCCCCCCCCCCCCCCC.[Cl-].[Cl-]. The van der Waals surface area contributed by atoms with Crippen LogP contribution in [0.1, 0.15) is 232 Å². The van der Waals surface area contributed by atoms with Gasteiger partial charge in [0.1, 0.15) is 0 Å². The van der Waals surface area contributed by atoms with Crippen molar-refractivity contribution >= 4 is 0 Å². The second-order valence-electron chi connectivity index (χ2n) is 17.1. The van der Waals surface area contributed by atoms with E-state index in [2.05, 4.69) is 42.0 Å². The molecule has 2 nitrogen and oxygen atoms in total. The normalized spacial score (nSPS) is 11.9. The Morgan fingerprint density at radius 1 is 0.208 bits per heavy atom. The third kappa shape index (κ3) is 42.7. The van der Waals surface area contributed by atoms with Gasteiger partial charge in [-0.05, 0) is 25.7 Å². The smallest absolute Gasteiger partial charge is 0.0784 e. The molecule has 0 N–H and O–H groups in total. The Morgan fingerprint density at radius 2 is 0.333 bits per heavy atom. The van der Waals surface area contributed by atoms with E-state index in [1.165, 1.54) is 253 Å². The third-order valence-corrected chi connectivity index (χ3v) is 11.0. The molecule has 0 heterocycles. The molecule has 0 spiro atoms. The summed E-state index contributed by atoms with van der Waals surface area (Å²) in [6, 6.07) is 0. The zero-order chi connectivity index (χ0) is 33.9. The number of hydrogen-bond donors (Lipinski definition) is 0. The van der Waals surface area contributed by atoms with Crippen LogP contribution in [0.4, 0.5) is 0 Å². The Bertz CT molecular complexity index is 530. The molecule has 0 saturated heterocycles. The van der Waals surface area contributed by atoms with Crippen molar-refractivity contribution in [2.75, 3.05) is 54.4 Å². The van der Waals surface area contributed by atoms with Crippen LogP contribution in [-0.4, -0.2) is 63.3 Å². The van der Waals surface area contributed by atoms with Gasteiger partial charge in [0.15, 0.2) is 0 Å². The lowest BCUT2D eigenvalue weighted by molar-refractivity contribution is -0.897. The molecule has 48 heavy (non-hydrogen) atoms. The predicted molar refractivity (Wildman–Crippen MR) is 212 cm³/mol. The number of quaternary nitrogens is 2. The highest BCUT2D eigenvalue weighted by Gasteiger charge is 2.17. The standard InChI is InChI=1S/C44H94N2.2ClH/c1-7-9-11-13-15-17-19-21-23-25-27-29-31-33-35-37-41-45(3,4)43-39-40-44-46(5,6)42-38-36-34-32-30-28-26-24-22-20-18-16-14-12-10-8-2;;/h7-44H2,1-6H3;2*1H/q+2;;/p-2. The maximum atomic E-state index is 2.47. The van der Waals surface area contributed by atoms with Gasteiger partial charge in [0, 0.05) is 12.8 Å². The van der Waals surface area contributed by atoms with Crippen LogP contribution in [0.2, 0.25) is 0 Å². The van der Waals surface area contributed by atoms with Crippen molar-refractivity contribution in [2.45, 2.75) is 232 Å². The Kier molecular flexibility index (Phi) is 44.3. The Hall–Kier alpha value is 0.500. The van der Waals surface area contributed by atoms with E-state index in [0.717, 1.165) is 0 Å². The first-order valence-electron chi connectivity index (χ1n) is 22.0. The fourth-order valence-electron chi connectivity index (χ4n) is 7.48. The lowest BCUT2D eigenvalue weighted by Gasteiger charge is -2.32. The van der Waals surface area contributed by atoms with Gasteiger partial charge in [-0.2, -0.15) is 0 Å². The molecule has 0 rings (SSSR count). The zero-order valence-corrected chi connectivity index (χ0v) is 36.0. The molecule has 0 aromatic rings. The van der Waals surface area contributed by atoms with Gasteiger partial charge in [-0.15, -0.1) is 0 Å². The number of nitrogens with zero attached hydrogens (tertiary/aromatic N) is 2. The Labute approximate surface area is 319 Å². The van der Waals surface area contributed by atoms with Crippen LogP contribution in [0.15, 0.2) is 0 Å². The van der Waals surface area contributed by atoms with Gasteiger partial charge in [0.2, 0.25) is 0 Å². The summed E-state index contributed by atoms with van der Waals surface area (Å²) in [5.41, 5.74) is 0. The third-order valence-electron chi connectivity index (χ3n) is 11.0. The van der Waals surface area contributed by atoms with E-state index < -0.39 is 0 Å². The molecule has 294 valence electrons. The van der Waals surface area contributed by atoms with Crippen molar-refractivity contribution < 1.29 is 33.8 Å². The van der Waals surface area contributed by atoms with E-state index in [0.29, 0.717) is 0 Å². The summed E-state index contributed by atoms with van der Waals surface area (Å²) in [5, 5.41) is 0. The van der Waals surface area contributed by atoms with Crippen molar-refractivity contribution in [3.63, 3.8) is 0 Å². The molecule has 0 aromatic heterocycles. The minimum atomic E-state index is 0. The summed E-state index contributed by atoms with van der Waals surface area (Å²) >= 11 is 0. The number of halogens is 2. The molecule has 0 aliphatic carbocycles. The average molecular weight is 722 g/mol. The van der Waals surface area contributed by atoms with Crippen molar-refractivity contribution in [2.24, 2.45) is 0 Å². The molecule has 0 aliphatic heterocycles. The van der Waals surface area contributed by atoms with Crippen molar-refractivity contribution in [1.82, 2.24) is 0 Å². The van der Waals surface area contributed by atoms with Crippen LogP contribution in [0.25, 0.3) is 0 Å². The Balaban J connectivity index is -0.0000101. The number of unbranched alkanes of at least 4 members (excludes halogenated alkanes) is 31. The minimum Gasteiger partial charge on any atom is -1.00 e. The first kappa shape index (κ1) is 52.9. The van der Waals surface area contributed by atoms with Crippen LogP contribution in [0.3, 0.4) is 0 Å². The monoisotopic (exact) mass is 721 g/mol. The average Bonchev–Trinajstić information content (AvgIpc) is 3.02. The molecule has 0 unspecified atom stereocenters. The van der Waals surface area contributed by atoms with Gasteiger partial charge in [-0.25, -0.2) is 0 Å². The van der Waals surface area contributed by atoms with Crippen LogP contribution >= 0.6 is 0 Å². The topological polar surface area (TPSA) is 0 Å². The van der Waals surface area contributed by atoms with Crippen LogP contribution < -0.4 is 24.8 Å². The second-order valence-corrected chi connectivity index (χ2v) is 17.1. The molecule has 4 heteroatoms. The number of rotatable bonds is 39. The molecule has 0 saturated carbocycles. The van der Waals surface area contributed by atoms with Gasteiger partial charge >= 0.3 is 0 Å². The summed E-state index contributed by atoms with van der Waals surface area (Å²) in [7, 11) is 9.90. The van der Waals surface area contributed by atoms with Crippen LogP contribution in [0.5, 0.6) is 0 Å². The van der Waals surface area contributed by atoms with Gasteiger partial charge in [-0.3, -0.25) is 0 Å². The van der Waals surface area contributed by atoms with Gasteiger partial charge < -0.3 is 33.8 Å². The lowest BCUT2D eigenvalue weighted by Crippen LogP contribution is -3.00. The zero-order valence-electron chi connectivity index (χ0n) is 34.5. The van der Waals surface area contributed by atoms with E-state index in [1.807, 2.05) is 0 Å². The predicted octanol–water partition coefficient (Wildman–Crippen LogP) is 8.45. The van der Waals surface area contributed by atoms with Crippen molar-refractivity contribution in [3.05, 3.63) is 0 Å². The number of hydrogen-bond acceptors (Lipinski definition) is 0. The van der Waals surface area contributed by atoms with Gasteiger partial charge in [-0.1, -0.05) is 194 Å². The fourth-order valence-corrected chi connectivity index (χ4v) is 7.48. The second kappa shape index (κ2) is 40.3. The van der Waals surface area contributed by atoms with Crippen LogP contribution in [0, 0.1) is 0 Å². The summed E-state index contributed by atoms with van der Waals surface area (Å²) in [6.07, 6.45) is 49.6. The molecule has 0 atom stereocenters. The van der Waals surface area contributed by atoms with Gasteiger partial charge in [0.25, 0.3) is 0 Å². The highest BCUT2D eigenvalue weighted by Crippen LogP contribution is 2.16. The molecule has 0 fully saturated rings. The Morgan fingerprint density at radius 3 is 0.500 bits per heavy atom. The summed E-state index contributed by atoms with van der Waals surface area (Å²) in [6.45, 7) is 10.1. The fraction of sp³-hybridized carbons (Fsp3) is 1.00. The van der Waals surface area contributed by atoms with E-state index in [-0.39, 0.29) is 24.8 Å². The first-order valence-corrected chi connectivity index (χ1v) is 22.0. The molecule has 0 radical (unpaired) electrons. The molecular weight excluding hydrogens is 627 g/mol. The highest BCUT2D eigenvalue weighted by atomic mass is 35.5. The molecule has 0 aliphatic rings. The molecule has 0 bridgehead atoms. The van der Waals surface area contributed by atoms with Crippen molar-refractivity contribution in [3.8, 4) is 0 Å². The lowest BCUT2D eigenvalue weighted by atomic mass is 10.0. The molecular formula is C44H94Cl2N2. The van der Waals surface area contributed by atoms with E-state index in [9.17, 15) is 0 Å². The maximum absolute atomic E-state index is 2.47. The quantitative estimate of drug-likeness (QED) is 0.0442. The maximum Gasteiger partial charge on any atom is 0.0784 e. The van der Waals surface area contributed by atoms with E-state index >= 15 is 0 Å². The van der Waals surface area contributed by atoms with E-state index in [1.54, 1.807) is 0 Å².